The molecule has 124 valence electrons. The number of carbonyl (C=O) groups excluding carboxylic acids is 1. The van der Waals surface area contributed by atoms with Crippen LogP contribution in [0.2, 0.25) is 0 Å². The van der Waals surface area contributed by atoms with Crippen LogP contribution in [0.25, 0.3) is 0 Å². The fourth-order valence-electron chi connectivity index (χ4n) is 3.15. The Balaban J connectivity index is 2.63. The maximum atomic E-state index is 12.4. The molecule has 1 rings (SSSR count). The van der Waals surface area contributed by atoms with Crippen molar-refractivity contribution in [1.29, 1.82) is 0 Å². The number of likely N-dealkylation sites (N-methyl/N-ethyl adjacent to an activating group) is 1. The molecule has 0 aliphatic heterocycles. The first-order valence-electron chi connectivity index (χ1n) is 8.19. The van der Waals surface area contributed by atoms with Gasteiger partial charge < -0.3 is 15.2 Å². The number of rotatable bonds is 9. The van der Waals surface area contributed by atoms with E-state index in [-0.39, 0.29) is 17.3 Å². The van der Waals surface area contributed by atoms with Crippen molar-refractivity contribution in [1.82, 2.24) is 5.32 Å². The second-order valence-electron chi connectivity index (χ2n) is 5.92. The van der Waals surface area contributed by atoms with E-state index < -0.39 is 5.54 Å². The van der Waals surface area contributed by atoms with Crippen molar-refractivity contribution in [2.45, 2.75) is 70.3 Å². The van der Waals surface area contributed by atoms with Gasteiger partial charge in [0.2, 0.25) is 0 Å². The van der Waals surface area contributed by atoms with Crippen LogP contribution in [0, 0.1) is 5.92 Å². The second kappa shape index (κ2) is 9.01. The monoisotopic (exact) mass is 317 g/mol. The zero-order valence-corrected chi connectivity index (χ0v) is 14.7. The molecule has 0 saturated heterocycles. The highest BCUT2D eigenvalue weighted by atomic mass is 32.2. The molecule has 0 heterocycles. The van der Waals surface area contributed by atoms with Gasteiger partial charge in [-0.15, -0.1) is 0 Å². The standard InChI is InChI=1S/C16H31NO3S/c1-5-17-16(15(19)20-6-2)10-7-8-14(16)9-11-21-13(4)12(3)18/h12-14,17-18H,5-11H2,1-4H3. The first kappa shape index (κ1) is 18.8. The fraction of sp³-hybridized carbons (Fsp3) is 0.938. The van der Waals surface area contributed by atoms with Gasteiger partial charge in [0.05, 0.1) is 12.7 Å². The normalized spacial score (nSPS) is 28.3. The average Bonchev–Trinajstić information content (AvgIpc) is 2.83. The van der Waals surface area contributed by atoms with Crippen molar-refractivity contribution in [3.8, 4) is 0 Å². The molecule has 2 N–H and O–H groups in total. The lowest BCUT2D eigenvalue weighted by Crippen LogP contribution is -2.55. The largest absolute Gasteiger partial charge is 0.465 e. The highest BCUT2D eigenvalue weighted by molar-refractivity contribution is 7.99. The molecule has 0 amide bonds. The molecule has 4 atom stereocenters. The molecule has 5 heteroatoms. The van der Waals surface area contributed by atoms with Gasteiger partial charge in [-0.2, -0.15) is 11.8 Å². The summed E-state index contributed by atoms with van der Waals surface area (Å²) in [5.74, 6) is 1.23. The summed E-state index contributed by atoms with van der Waals surface area (Å²) in [5, 5.41) is 13.2. The summed E-state index contributed by atoms with van der Waals surface area (Å²) in [5.41, 5.74) is -0.487. The average molecular weight is 317 g/mol. The Morgan fingerprint density at radius 1 is 1.48 bits per heavy atom. The van der Waals surface area contributed by atoms with E-state index >= 15 is 0 Å². The van der Waals surface area contributed by atoms with Crippen molar-refractivity contribution in [3.63, 3.8) is 0 Å². The van der Waals surface area contributed by atoms with Gasteiger partial charge in [-0.3, -0.25) is 4.79 Å². The summed E-state index contributed by atoms with van der Waals surface area (Å²) >= 11 is 1.79. The molecule has 0 aromatic rings. The first-order valence-corrected chi connectivity index (χ1v) is 9.24. The van der Waals surface area contributed by atoms with Gasteiger partial charge >= 0.3 is 5.97 Å². The summed E-state index contributed by atoms with van der Waals surface area (Å²) in [6.45, 7) is 9.00. The minimum Gasteiger partial charge on any atom is -0.465 e. The first-order chi connectivity index (χ1) is 9.97. The van der Waals surface area contributed by atoms with Gasteiger partial charge in [-0.1, -0.05) is 20.3 Å². The number of esters is 1. The molecular formula is C16H31NO3S. The van der Waals surface area contributed by atoms with Gasteiger partial charge in [0.15, 0.2) is 0 Å². The lowest BCUT2D eigenvalue weighted by Gasteiger charge is -2.34. The lowest BCUT2D eigenvalue weighted by molar-refractivity contribution is -0.153. The van der Waals surface area contributed by atoms with Crippen molar-refractivity contribution in [3.05, 3.63) is 0 Å². The lowest BCUT2D eigenvalue weighted by atomic mass is 9.85. The van der Waals surface area contributed by atoms with Gasteiger partial charge in [-0.25, -0.2) is 0 Å². The van der Waals surface area contributed by atoms with Crippen molar-refractivity contribution in [2.24, 2.45) is 5.92 Å². The molecule has 4 nitrogen and oxygen atoms in total. The predicted molar refractivity (Wildman–Crippen MR) is 88.6 cm³/mol. The zero-order valence-electron chi connectivity index (χ0n) is 13.9. The molecule has 1 aliphatic rings. The minimum absolute atomic E-state index is 0.0806. The molecule has 21 heavy (non-hydrogen) atoms. The van der Waals surface area contributed by atoms with E-state index in [1.807, 2.05) is 27.7 Å². The molecule has 0 spiro atoms. The Bertz CT molecular complexity index is 325. The highest BCUT2D eigenvalue weighted by Crippen LogP contribution is 2.40. The number of hydrogen-bond acceptors (Lipinski definition) is 5. The molecule has 1 saturated carbocycles. The Labute approximate surface area is 133 Å². The Hall–Kier alpha value is -0.260. The maximum Gasteiger partial charge on any atom is 0.326 e. The van der Waals surface area contributed by atoms with Crippen LogP contribution in [0.3, 0.4) is 0 Å². The molecule has 4 unspecified atom stereocenters. The predicted octanol–water partition coefficient (Wildman–Crippen LogP) is 2.59. The number of aliphatic hydroxyl groups excluding tert-OH is 1. The van der Waals surface area contributed by atoms with E-state index in [2.05, 4.69) is 5.32 Å². The maximum absolute atomic E-state index is 12.4. The van der Waals surface area contributed by atoms with E-state index in [1.54, 1.807) is 11.8 Å². The van der Waals surface area contributed by atoms with Gasteiger partial charge in [0.25, 0.3) is 0 Å². The molecule has 0 aromatic carbocycles. The van der Waals surface area contributed by atoms with Crippen LogP contribution in [0.15, 0.2) is 0 Å². The van der Waals surface area contributed by atoms with Crippen LogP contribution >= 0.6 is 11.8 Å². The Morgan fingerprint density at radius 3 is 2.76 bits per heavy atom. The number of carbonyl (C=O) groups is 1. The highest BCUT2D eigenvalue weighted by Gasteiger charge is 2.49. The fourth-order valence-corrected chi connectivity index (χ4v) is 4.22. The molecule has 0 aromatic heterocycles. The van der Waals surface area contributed by atoms with Crippen molar-refractivity contribution >= 4 is 17.7 Å². The smallest absolute Gasteiger partial charge is 0.326 e. The Kier molecular flexibility index (Phi) is 8.06. The van der Waals surface area contributed by atoms with Gasteiger partial charge in [0, 0.05) is 5.25 Å². The van der Waals surface area contributed by atoms with Gasteiger partial charge in [0.1, 0.15) is 5.54 Å². The van der Waals surface area contributed by atoms with E-state index in [4.69, 9.17) is 4.74 Å². The summed E-state index contributed by atoms with van der Waals surface area (Å²) in [7, 11) is 0. The van der Waals surface area contributed by atoms with E-state index in [9.17, 15) is 9.90 Å². The summed E-state index contributed by atoms with van der Waals surface area (Å²) in [6, 6.07) is 0. The molecule has 1 aliphatic carbocycles. The third-order valence-corrected chi connectivity index (χ3v) is 5.87. The summed E-state index contributed by atoms with van der Waals surface area (Å²) in [4.78, 5) is 12.4. The third-order valence-electron chi connectivity index (χ3n) is 4.48. The van der Waals surface area contributed by atoms with E-state index in [0.29, 0.717) is 12.5 Å². The van der Waals surface area contributed by atoms with Crippen LogP contribution in [-0.2, 0) is 9.53 Å². The number of ether oxygens (including phenoxy) is 1. The van der Waals surface area contributed by atoms with Crippen LogP contribution in [0.5, 0.6) is 0 Å². The molecular weight excluding hydrogens is 286 g/mol. The molecule has 0 bridgehead atoms. The molecule has 0 radical (unpaired) electrons. The number of hydrogen-bond donors (Lipinski definition) is 2. The zero-order chi connectivity index (χ0) is 15.9. The van der Waals surface area contributed by atoms with Crippen LogP contribution < -0.4 is 5.32 Å². The molecule has 1 fully saturated rings. The topological polar surface area (TPSA) is 58.6 Å². The minimum atomic E-state index is -0.487. The van der Waals surface area contributed by atoms with Crippen LogP contribution in [0.4, 0.5) is 0 Å². The quantitative estimate of drug-likeness (QED) is 0.640. The van der Waals surface area contributed by atoms with E-state index in [1.165, 1.54) is 0 Å². The van der Waals surface area contributed by atoms with Crippen LogP contribution in [0.1, 0.15) is 53.4 Å². The van der Waals surface area contributed by atoms with Gasteiger partial charge in [-0.05, 0) is 51.3 Å². The summed E-state index contributed by atoms with van der Waals surface area (Å²) < 4.78 is 5.33. The second-order valence-corrected chi connectivity index (χ2v) is 7.40. The van der Waals surface area contributed by atoms with Crippen molar-refractivity contribution < 1.29 is 14.6 Å². The van der Waals surface area contributed by atoms with Crippen LogP contribution in [-0.4, -0.2) is 46.9 Å². The van der Waals surface area contributed by atoms with E-state index in [0.717, 1.165) is 38.0 Å². The third kappa shape index (κ3) is 4.86. The number of thioether (sulfide) groups is 1. The Morgan fingerprint density at radius 2 is 2.19 bits per heavy atom. The SMILES string of the molecule is CCNC1(C(=O)OCC)CCCC1CCSC(C)C(C)O. The van der Waals surface area contributed by atoms with Crippen molar-refractivity contribution in [2.75, 3.05) is 18.9 Å². The summed E-state index contributed by atoms with van der Waals surface area (Å²) in [6.07, 6.45) is 3.74. The number of nitrogens with one attached hydrogen (secondary N) is 1. The number of aliphatic hydroxyl groups is 1.